The zero-order valence-electron chi connectivity index (χ0n) is 8.75. The lowest BCUT2D eigenvalue weighted by atomic mass is 10.0. The Morgan fingerprint density at radius 2 is 2.21 bits per heavy atom. The number of hydrogen-bond acceptors (Lipinski definition) is 3. The van der Waals surface area contributed by atoms with Gasteiger partial charge in [0.2, 0.25) is 0 Å². The molecule has 78 valence electrons. The Bertz CT molecular complexity index is 294. The van der Waals surface area contributed by atoms with Crippen LogP contribution in [0.25, 0.3) is 0 Å². The van der Waals surface area contributed by atoms with Gasteiger partial charge in [-0.05, 0) is 29.7 Å². The molecule has 1 unspecified atom stereocenters. The molecule has 0 aromatic carbocycles. The van der Waals surface area contributed by atoms with Gasteiger partial charge in [0.25, 0.3) is 0 Å². The Kier molecular flexibility index (Phi) is 3.20. The van der Waals surface area contributed by atoms with Gasteiger partial charge in [-0.3, -0.25) is 0 Å². The van der Waals surface area contributed by atoms with Crippen LogP contribution >= 0.6 is 23.1 Å². The maximum Gasteiger partial charge on any atom is 0.0413 e. The van der Waals surface area contributed by atoms with Crippen molar-refractivity contribution < 1.29 is 0 Å². The fraction of sp³-hybridized carbons (Fsp3) is 0.636. The van der Waals surface area contributed by atoms with E-state index in [1.165, 1.54) is 28.4 Å². The molecule has 0 saturated heterocycles. The average molecular weight is 227 g/mol. The van der Waals surface area contributed by atoms with E-state index in [1.807, 2.05) is 23.1 Å². The smallest absolute Gasteiger partial charge is 0.0413 e. The molecule has 0 amide bonds. The first-order valence-corrected chi connectivity index (χ1v) is 7.10. The molecule has 2 heterocycles. The highest BCUT2D eigenvalue weighted by Crippen LogP contribution is 2.35. The van der Waals surface area contributed by atoms with Crippen LogP contribution in [-0.2, 0) is 12.2 Å². The predicted molar refractivity (Wildman–Crippen MR) is 66.0 cm³/mol. The summed E-state index contributed by atoms with van der Waals surface area (Å²) in [4.78, 5) is 2.96. The third kappa shape index (κ3) is 2.00. The van der Waals surface area contributed by atoms with E-state index in [9.17, 15) is 0 Å². The molecule has 0 spiro atoms. The molecule has 0 bridgehead atoms. The summed E-state index contributed by atoms with van der Waals surface area (Å²) < 4.78 is 0. The van der Waals surface area contributed by atoms with E-state index in [1.54, 1.807) is 4.88 Å². The quantitative estimate of drug-likeness (QED) is 0.839. The Hall–Kier alpha value is 0.01000. The predicted octanol–water partition coefficient (Wildman–Crippen LogP) is 3.19. The number of fused-ring (bicyclic) bond motifs is 1. The van der Waals surface area contributed by atoms with E-state index in [0.717, 1.165) is 0 Å². The first-order chi connectivity index (χ1) is 6.68. The van der Waals surface area contributed by atoms with Crippen molar-refractivity contribution in [1.29, 1.82) is 0 Å². The van der Waals surface area contributed by atoms with Gasteiger partial charge < -0.3 is 5.73 Å². The van der Waals surface area contributed by atoms with Gasteiger partial charge in [0.15, 0.2) is 0 Å². The van der Waals surface area contributed by atoms with Gasteiger partial charge in [-0.25, -0.2) is 0 Å². The zero-order valence-corrected chi connectivity index (χ0v) is 10.4. The van der Waals surface area contributed by atoms with Crippen LogP contribution in [-0.4, -0.2) is 5.75 Å². The maximum absolute atomic E-state index is 6.15. The first kappa shape index (κ1) is 10.5. The molecule has 1 aliphatic rings. The maximum atomic E-state index is 6.15. The van der Waals surface area contributed by atoms with Crippen molar-refractivity contribution in [3.05, 3.63) is 21.4 Å². The molecule has 2 N–H and O–H groups in total. The summed E-state index contributed by atoms with van der Waals surface area (Å²) in [6.07, 6.45) is 1.25. The molecule has 0 radical (unpaired) electrons. The first-order valence-electron chi connectivity index (χ1n) is 5.13. The summed E-state index contributed by atoms with van der Waals surface area (Å²) in [6.45, 7) is 4.39. The van der Waals surface area contributed by atoms with E-state index < -0.39 is 0 Å². The van der Waals surface area contributed by atoms with E-state index in [-0.39, 0.29) is 6.04 Å². The van der Waals surface area contributed by atoms with Crippen molar-refractivity contribution in [3.63, 3.8) is 0 Å². The summed E-state index contributed by atoms with van der Waals surface area (Å²) in [5, 5.41) is 0. The molecule has 3 heteroatoms. The summed E-state index contributed by atoms with van der Waals surface area (Å²) in [7, 11) is 0. The topological polar surface area (TPSA) is 26.0 Å². The molecular formula is C11H17NS2. The Labute approximate surface area is 94.1 Å². The van der Waals surface area contributed by atoms with Crippen LogP contribution in [0.1, 0.15) is 35.2 Å². The highest BCUT2D eigenvalue weighted by Gasteiger charge is 2.18. The van der Waals surface area contributed by atoms with Crippen molar-refractivity contribution in [2.24, 2.45) is 11.7 Å². The second-order valence-electron chi connectivity index (χ2n) is 4.17. The molecule has 1 atom stereocenters. The molecule has 1 aromatic heterocycles. The zero-order chi connectivity index (χ0) is 10.1. The Morgan fingerprint density at radius 1 is 1.43 bits per heavy atom. The minimum Gasteiger partial charge on any atom is -0.323 e. The Balaban J connectivity index is 2.23. The van der Waals surface area contributed by atoms with Crippen LogP contribution in [0.2, 0.25) is 0 Å². The van der Waals surface area contributed by atoms with Gasteiger partial charge in [-0.2, -0.15) is 11.8 Å². The normalized spacial score (nSPS) is 18.3. The standard InChI is InChI=1S/C11H17NS2/c1-7(2)11(12)10-5-8-6-13-4-3-9(8)14-10/h5,7,11H,3-4,6,12H2,1-2H3. The van der Waals surface area contributed by atoms with E-state index in [2.05, 4.69) is 19.9 Å². The van der Waals surface area contributed by atoms with Gasteiger partial charge >= 0.3 is 0 Å². The molecule has 1 aliphatic heterocycles. The molecule has 1 nitrogen and oxygen atoms in total. The molecule has 1 aromatic rings. The molecule has 0 saturated carbocycles. The highest BCUT2D eigenvalue weighted by atomic mass is 32.2. The molecule has 2 rings (SSSR count). The van der Waals surface area contributed by atoms with Crippen molar-refractivity contribution in [3.8, 4) is 0 Å². The van der Waals surface area contributed by atoms with Crippen molar-refractivity contribution >= 4 is 23.1 Å². The summed E-state index contributed by atoms with van der Waals surface area (Å²) >= 11 is 3.97. The van der Waals surface area contributed by atoms with Crippen LogP contribution in [0, 0.1) is 5.92 Å². The fourth-order valence-corrected chi connectivity index (χ4v) is 4.21. The van der Waals surface area contributed by atoms with Crippen LogP contribution < -0.4 is 5.73 Å². The van der Waals surface area contributed by atoms with E-state index in [0.29, 0.717) is 5.92 Å². The van der Waals surface area contributed by atoms with Gasteiger partial charge in [0.1, 0.15) is 0 Å². The molecule has 0 aliphatic carbocycles. The van der Waals surface area contributed by atoms with Crippen LogP contribution in [0.15, 0.2) is 6.07 Å². The van der Waals surface area contributed by atoms with Gasteiger partial charge in [-0.1, -0.05) is 13.8 Å². The van der Waals surface area contributed by atoms with Crippen LogP contribution in [0.4, 0.5) is 0 Å². The molecular weight excluding hydrogens is 210 g/mol. The van der Waals surface area contributed by atoms with Gasteiger partial charge in [0.05, 0.1) is 0 Å². The average Bonchev–Trinajstić information content (AvgIpc) is 2.59. The number of thioether (sulfide) groups is 1. The second-order valence-corrected chi connectivity index (χ2v) is 6.44. The van der Waals surface area contributed by atoms with E-state index >= 15 is 0 Å². The molecule has 14 heavy (non-hydrogen) atoms. The SMILES string of the molecule is CC(C)C(N)c1cc2c(s1)CCSC2. The Morgan fingerprint density at radius 3 is 2.86 bits per heavy atom. The number of nitrogens with two attached hydrogens (primary N) is 1. The highest BCUT2D eigenvalue weighted by molar-refractivity contribution is 7.98. The summed E-state index contributed by atoms with van der Waals surface area (Å²) in [5.74, 6) is 3.02. The second kappa shape index (κ2) is 4.25. The number of hydrogen-bond donors (Lipinski definition) is 1. The van der Waals surface area contributed by atoms with Crippen molar-refractivity contribution in [2.75, 3.05) is 5.75 Å². The third-order valence-electron chi connectivity index (χ3n) is 2.69. The molecule has 0 fully saturated rings. The van der Waals surface area contributed by atoms with E-state index in [4.69, 9.17) is 5.73 Å². The third-order valence-corrected chi connectivity index (χ3v) is 5.04. The fourth-order valence-electron chi connectivity index (χ4n) is 1.66. The van der Waals surface area contributed by atoms with Crippen molar-refractivity contribution in [2.45, 2.75) is 32.1 Å². The van der Waals surface area contributed by atoms with Crippen LogP contribution in [0.3, 0.4) is 0 Å². The van der Waals surface area contributed by atoms with Gasteiger partial charge in [0, 0.05) is 21.5 Å². The lowest BCUT2D eigenvalue weighted by Gasteiger charge is -2.12. The lowest BCUT2D eigenvalue weighted by Crippen LogP contribution is -2.15. The summed E-state index contributed by atoms with van der Waals surface area (Å²) in [6, 6.07) is 2.56. The van der Waals surface area contributed by atoms with Gasteiger partial charge in [-0.15, -0.1) is 11.3 Å². The monoisotopic (exact) mass is 227 g/mol. The van der Waals surface area contributed by atoms with Crippen molar-refractivity contribution in [1.82, 2.24) is 0 Å². The van der Waals surface area contributed by atoms with Crippen LogP contribution in [0.5, 0.6) is 0 Å². The minimum atomic E-state index is 0.232. The number of aryl methyl sites for hydroxylation is 1. The summed E-state index contributed by atoms with van der Waals surface area (Å²) in [5.41, 5.74) is 7.69. The number of rotatable bonds is 2. The largest absolute Gasteiger partial charge is 0.323 e. The minimum absolute atomic E-state index is 0.232. The number of thiophene rings is 1. The lowest BCUT2D eigenvalue weighted by molar-refractivity contribution is 0.521.